The number of benzene rings is 1. The van der Waals surface area contributed by atoms with E-state index in [1.165, 1.54) is 13.2 Å². The lowest BCUT2D eigenvalue weighted by molar-refractivity contribution is -0.134. The monoisotopic (exact) mass is 260 g/mol. The summed E-state index contributed by atoms with van der Waals surface area (Å²) in [6, 6.07) is 7.93. The summed E-state index contributed by atoms with van der Waals surface area (Å²) in [6.07, 6.45) is 10.4. The van der Waals surface area contributed by atoms with Crippen LogP contribution in [0.2, 0.25) is 0 Å². The Morgan fingerprint density at radius 1 is 1.11 bits per heavy atom. The summed E-state index contributed by atoms with van der Waals surface area (Å²) in [5.74, 6) is 0.568. The van der Waals surface area contributed by atoms with Crippen LogP contribution in [-0.4, -0.2) is 20.2 Å². The Kier molecular flexibility index (Phi) is 7.10. The maximum absolute atomic E-state index is 10.8. The van der Waals surface area contributed by atoms with Gasteiger partial charge in [-0.25, -0.2) is 4.79 Å². The maximum atomic E-state index is 10.8. The van der Waals surface area contributed by atoms with E-state index >= 15 is 0 Å². The summed E-state index contributed by atoms with van der Waals surface area (Å²) in [7, 11) is 3.04. The van der Waals surface area contributed by atoms with E-state index in [4.69, 9.17) is 4.74 Å². The van der Waals surface area contributed by atoms with Gasteiger partial charge in [0.15, 0.2) is 0 Å². The minimum Gasteiger partial charge on any atom is -0.497 e. The van der Waals surface area contributed by atoms with Crippen molar-refractivity contribution in [1.29, 1.82) is 0 Å². The van der Waals surface area contributed by atoms with Crippen molar-refractivity contribution < 1.29 is 14.3 Å². The van der Waals surface area contributed by atoms with Crippen LogP contribution in [0.5, 0.6) is 5.75 Å². The number of unbranched alkanes of at least 4 members (excludes halogenated alkanes) is 2. The molecule has 0 unspecified atom stereocenters. The third-order valence-corrected chi connectivity index (χ3v) is 2.62. The largest absolute Gasteiger partial charge is 0.497 e. The molecule has 102 valence electrons. The molecule has 0 aliphatic heterocycles. The summed E-state index contributed by atoms with van der Waals surface area (Å²) < 4.78 is 9.60. The highest BCUT2D eigenvalue weighted by molar-refractivity contribution is 5.81. The molecule has 3 heteroatoms. The number of carbonyl (C=O) groups excluding carboxylic acids is 1. The number of hydrogen-bond acceptors (Lipinski definition) is 3. The van der Waals surface area contributed by atoms with Crippen molar-refractivity contribution in [1.82, 2.24) is 0 Å². The maximum Gasteiger partial charge on any atom is 0.330 e. The molecule has 1 rings (SSSR count). The van der Waals surface area contributed by atoms with E-state index < -0.39 is 0 Å². The topological polar surface area (TPSA) is 35.5 Å². The van der Waals surface area contributed by atoms with Crippen LogP contribution in [-0.2, 0) is 9.53 Å². The van der Waals surface area contributed by atoms with Gasteiger partial charge < -0.3 is 9.47 Å². The summed E-state index contributed by atoms with van der Waals surface area (Å²) >= 11 is 0. The molecule has 0 heterocycles. The van der Waals surface area contributed by atoms with E-state index in [-0.39, 0.29) is 5.97 Å². The molecule has 19 heavy (non-hydrogen) atoms. The lowest BCUT2D eigenvalue weighted by Gasteiger charge is -1.99. The van der Waals surface area contributed by atoms with Gasteiger partial charge in [-0.1, -0.05) is 30.4 Å². The smallest absolute Gasteiger partial charge is 0.330 e. The number of hydrogen-bond donors (Lipinski definition) is 0. The van der Waals surface area contributed by atoms with E-state index in [9.17, 15) is 4.79 Å². The third kappa shape index (κ3) is 6.46. The SMILES string of the molecule is COC(=O)C=CCCCC=Cc1ccc(OC)cc1. The normalized spacial score (nSPS) is 11.1. The lowest BCUT2D eigenvalue weighted by atomic mass is 10.1. The van der Waals surface area contributed by atoms with E-state index in [0.717, 1.165) is 30.6 Å². The number of esters is 1. The van der Waals surface area contributed by atoms with Crippen LogP contribution in [0.15, 0.2) is 42.5 Å². The molecule has 1 aromatic rings. The molecule has 0 radical (unpaired) electrons. The lowest BCUT2D eigenvalue weighted by Crippen LogP contribution is -1.93. The molecule has 0 bridgehead atoms. The van der Waals surface area contributed by atoms with Gasteiger partial charge in [0.05, 0.1) is 14.2 Å². The summed E-state index contributed by atoms with van der Waals surface area (Å²) in [5.41, 5.74) is 1.16. The first-order valence-electron chi connectivity index (χ1n) is 6.31. The average molecular weight is 260 g/mol. The predicted molar refractivity (Wildman–Crippen MR) is 77.0 cm³/mol. The molecule has 1 aromatic carbocycles. The first-order valence-corrected chi connectivity index (χ1v) is 6.31. The summed E-state index contributed by atoms with van der Waals surface area (Å²) in [6.45, 7) is 0. The van der Waals surface area contributed by atoms with E-state index in [0.29, 0.717) is 0 Å². The molecule has 3 nitrogen and oxygen atoms in total. The summed E-state index contributed by atoms with van der Waals surface area (Å²) in [4.78, 5) is 10.8. The first-order chi connectivity index (χ1) is 9.26. The molecule has 0 atom stereocenters. The molecule has 0 aliphatic carbocycles. The molecule has 0 spiro atoms. The molecule has 0 amide bonds. The fourth-order valence-corrected chi connectivity index (χ4v) is 1.54. The van der Waals surface area contributed by atoms with E-state index in [1.54, 1.807) is 7.11 Å². The van der Waals surface area contributed by atoms with Gasteiger partial charge in [-0.15, -0.1) is 0 Å². The number of allylic oxidation sites excluding steroid dienone is 2. The highest BCUT2D eigenvalue weighted by atomic mass is 16.5. The molecule has 0 saturated heterocycles. The van der Waals surface area contributed by atoms with Gasteiger partial charge >= 0.3 is 5.97 Å². The van der Waals surface area contributed by atoms with Gasteiger partial charge in [0.1, 0.15) is 5.75 Å². The van der Waals surface area contributed by atoms with Gasteiger partial charge in [0.25, 0.3) is 0 Å². The Morgan fingerprint density at radius 2 is 1.79 bits per heavy atom. The third-order valence-electron chi connectivity index (χ3n) is 2.62. The van der Waals surface area contributed by atoms with Crippen molar-refractivity contribution in [2.24, 2.45) is 0 Å². The van der Waals surface area contributed by atoms with E-state index in [1.807, 2.05) is 30.3 Å². The van der Waals surface area contributed by atoms with Crippen molar-refractivity contribution in [2.75, 3.05) is 14.2 Å². The summed E-state index contributed by atoms with van der Waals surface area (Å²) in [5, 5.41) is 0. The van der Waals surface area contributed by atoms with Gasteiger partial charge in [-0.3, -0.25) is 0 Å². The van der Waals surface area contributed by atoms with Crippen molar-refractivity contribution in [3.63, 3.8) is 0 Å². The van der Waals surface area contributed by atoms with Crippen molar-refractivity contribution in [3.05, 3.63) is 48.1 Å². The zero-order chi connectivity index (χ0) is 13.9. The van der Waals surface area contributed by atoms with Crippen LogP contribution in [0, 0.1) is 0 Å². The second-order valence-corrected chi connectivity index (χ2v) is 4.03. The van der Waals surface area contributed by atoms with Crippen molar-refractivity contribution in [2.45, 2.75) is 19.3 Å². The second-order valence-electron chi connectivity index (χ2n) is 4.03. The van der Waals surface area contributed by atoms with Crippen LogP contribution >= 0.6 is 0 Å². The Balaban J connectivity index is 2.23. The fourth-order valence-electron chi connectivity index (χ4n) is 1.54. The number of carbonyl (C=O) groups is 1. The van der Waals surface area contributed by atoms with Crippen molar-refractivity contribution >= 4 is 12.0 Å². The second kappa shape index (κ2) is 8.97. The molecule has 0 N–H and O–H groups in total. The van der Waals surface area contributed by atoms with Crippen LogP contribution in [0.1, 0.15) is 24.8 Å². The highest BCUT2D eigenvalue weighted by Crippen LogP contribution is 2.12. The quantitative estimate of drug-likeness (QED) is 0.427. The predicted octanol–water partition coefficient (Wildman–Crippen LogP) is 3.61. The average Bonchev–Trinajstić information content (AvgIpc) is 2.46. The minimum absolute atomic E-state index is 0.297. The Hall–Kier alpha value is -2.03. The van der Waals surface area contributed by atoms with Gasteiger partial charge in [-0.2, -0.15) is 0 Å². The number of ether oxygens (including phenoxy) is 2. The van der Waals surface area contributed by atoms with Crippen LogP contribution in [0.25, 0.3) is 6.08 Å². The first kappa shape index (κ1) is 15.0. The zero-order valence-electron chi connectivity index (χ0n) is 11.5. The van der Waals surface area contributed by atoms with Gasteiger partial charge in [-0.05, 0) is 37.0 Å². The van der Waals surface area contributed by atoms with Crippen LogP contribution < -0.4 is 4.74 Å². The fraction of sp³-hybridized carbons (Fsp3) is 0.312. The molecule has 0 aromatic heterocycles. The Morgan fingerprint density at radius 3 is 2.42 bits per heavy atom. The molecule has 0 saturated carbocycles. The number of methoxy groups -OCH3 is 2. The molecule has 0 aliphatic rings. The van der Waals surface area contributed by atoms with E-state index in [2.05, 4.69) is 16.9 Å². The Bertz CT molecular complexity index is 430. The van der Waals surface area contributed by atoms with Crippen LogP contribution in [0.4, 0.5) is 0 Å². The van der Waals surface area contributed by atoms with Crippen LogP contribution in [0.3, 0.4) is 0 Å². The zero-order valence-corrected chi connectivity index (χ0v) is 11.5. The Labute approximate surface area is 114 Å². The molecular formula is C16H20O3. The van der Waals surface area contributed by atoms with Crippen molar-refractivity contribution in [3.8, 4) is 5.75 Å². The van der Waals surface area contributed by atoms with Gasteiger partial charge in [0, 0.05) is 6.08 Å². The standard InChI is InChI=1S/C16H20O3/c1-18-15-12-10-14(11-13-15)8-6-4-3-5-7-9-16(17)19-2/h6-13H,3-5H2,1-2H3. The molecule has 0 fully saturated rings. The number of rotatable bonds is 7. The minimum atomic E-state index is -0.297. The van der Waals surface area contributed by atoms with Gasteiger partial charge in [0.2, 0.25) is 0 Å². The highest BCUT2D eigenvalue weighted by Gasteiger charge is 1.91. The molecular weight excluding hydrogens is 240 g/mol.